The van der Waals surface area contributed by atoms with Crippen LogP contribution in [0.25, 0.3) is 11.4 Å². The summed E-state index contributed by atoms with van der Waals surface area (Å²) in [5, 5.41) is 5.72. The number of ether oxygens (including phenoxy) is 1. The minimum absolute atomic E-state index is 0.0198. The Labute approximate surface area is 201 Å². The van der Waals surface area contributed by atoms with Gasteiger partial charge in [-0.2, -0.15) is 0 Å². The molecule has 1 atom stereocenters. The molecular weight excluding hydrogens is 454 g/mol. The van der Waals surface area contributed by atoms with Crippen LogP contribution in [0.1, 0.15) is 46.2 Å². The molecule has 2 fully saturated rings. The fourth-order valence-corrected chi connectivity index (χ4v) is 5.03. The summed E-state index contributed by atoms with van der Waals surface area (Å²) in [6.45, 7) is 8.91. The van der Waals surface area contributed by atoms with E-state index in [0.29, 0.717) is 42.8 Å². The van der Waals surface area contributed by atoms with Crippen LogP contribution < -0.4 is 15.5 Å². The number of morpholine rings is 1. The van der Waals surface area contributed by atoms with Gasteiger partial charge in [0, 0.05) is 35.7 Å². The largest absolute Gasteiger partial charge is 0.377 e. The van der Waals surface area contributed by atoms with Gasteiger partial charge in [0.1, 0.15) is 10.6 Å². The van der Waals surface area contributed by atoms with Gasteiger partial charge in [-0.25, -0.2) is 23.2 Å². The fraction of sp³-hybridized carbons (Fsp3) is 0.542. The minimum Gasteiger partial charge on any atom is -0.377 e. The number of sulfone groups is 1. The summed E-state index contributed by atoms with van der Waals surface area (Å²) in [4.78, 5) is 23.7. The summed E-state index contributed by atoms with van der Waals surface area (Å²) < 4.78 is 30.2. The first-order valence-corrected chi connectivity index (χ1v) is 13.4. The van der Waals surface area contributed by atoms with Crippen molar-refractivity contribution < 1.29 is 17.9 Å². The van der Waals surface area contributed by atoms with Gasteiger partial charge in [-0.05, 0) is 57.9 Å². The van der Waals surface area contributed by atoms with Crippen molar-refractivity contribution in [3.05, 3.63) is 36.0 Å². The number of hydrogen-bond acceptors (Lipinski definition) is 7. The van der Waals surface area contributed by atoms with E-state index in [4.69, 9.17) is 14.7 Å². The highest BCUT2D eigenvalue weighted by Gasteiger charge is 2.37. The van der Waals surface area contributed by atoms with Gasteiger partial charge in [-0.3, -0.25) is 0 Å². The number of amides is 2. The summed E-state index contributed by atoms with van der Waals surface area (Å²) in [6, 6.07) is 9.20. The molecule has 2 aliphatic rings. The molecule has 1 aliphatic carbocycles. The molecule has 10 heteroatoms. The molecule has 2 amide bonds. The first-order chi connectivity index (χ1) is 16.1. The van der Waals surface area contributed by atoms with Gasteiger partial charge in [-0.15, -0.1) is 0 Å². The molecule has 2 N–H and O–H groups in total. The minimum atomic E-state index is -3.42. The molecule has 0 bridgehead atoms. The van der Waals surface area contributed by atoms with Crippen LogP contribution in [-0.4, -0.2) is 62.0 Å². The average Bonchev–Trinajstić information content (AvgIpc) is 3.63. The van der Waals surface area contributed by atoms with E-state index in [-0.39, 0.29) is 23.9 Å². The van der Waals surface area contributed by atoms with E-state index in [0.717, 1.165) is 18.4 Å². The lowest BCUT2D eigenvalue weighted by Crippen LogP contribution is -2.44. The van der Waals surface area contributed by atoms with Crippen molar-refractivity contribution in [3.63, 3.8) is 0 Å². The second kappa shape index (κ2) is 9.50. The standard InChI is InChI=1S/C24H33N5O4S/c1-5-34(31,32)24(3,4)20-14-21(29-12-13-33-15-16(29)2)28-22(27-20)17-6-8-18(9-7-17)25-23(30)26-19-10-11-19/h6-9,14,16,19H,5,10-13,15H2,1-4H3,(H2,25,26,30)/t16-/m0/s1. The van der Waals surface area contributed by atoms with E-state index in [2.05, 4.69) is 22.5 Å². The van der Waals surface area contributed by atoms with E-state index < -0.39 is 14.6 Å². The Morgan fingerprint density at radius 2 is 1.91 bits per heavy atom. The summed E-state index contributed by atoms with van der Waals surface area (Å²) >= 11 is 0. The van der Waals surface area contributed by atoms with E-state index in [9.17, 15) is 13.2 Å². The normalized spacial score (nSPS) is 19.1. The number of carbonyl (C=O) groups is 1. The molecule has 0 spiro atoms. The van der Waals surface area contributed by atoms with Gasteiger partial charge < -0.3 is 20.3 Å². The molecule has 34 heavy (non-hydrogen) atoms. The third-order valence-corrected chi connectivity index (χ3v) is 8.99. The molecule has 1 saturated carbocycles. The predicted octanol–water partition coefficient (Wildman–Crippen LogP) is 3.32. The predicted molar refractivity (Wildman–Crippen MR) is 133 cm³/mol. The average molecular weight is 488 g/mol. The van der Waals surface area contributed by atoms with Gasteiger partial charge in [0.2, 0.25) is 0 Å². The molecule has 1 aromatic carbocycles. The number of carbonyl (C=O) groups excluding carboxylic acids is 1. The number of aromatic nitrogens is 2. The first-order valence-electron chi connectivity index (χ1n) is 11.7. The van der Waals surface area contributed by atoms with Crippen LogP contribution in [0, 0.1) is 0 Å². The quantitative estimate of drug-likeness (QED) is 0.616. The smallest absolute Gasteiger partial charge is 0.319 e. The van der Waals surface area contributed by atoms with Crippen molar-refractivity contribution in [3.8, 4) is 11.4 Å². The molecule has 2 aromatic rings. The van der Waals surface area contributed by atoms with Crippen LogP contribution >= 0.6 is 0 Å². The highest BCUT2D eigenvalue weighted by atomic mass is 32.2. The van der Waals surface area contributed by atoms with Crippen molar-refractivity contribution in [1.29, 1.82) is 0 Å². The van der Waals surface area contributed by atoms with Crippen LogP contribution in [-0.2, 0) is 19.3 Å². The van der Waals surface area contributed by atoms with Gasteiger partial charge in [0.15, 0.2) is 15.7 Å². The number of nitrogens with zero attached hydrogens (tertiary/aromatic N) is 3. The Bertz CT molecular complexity index is 1150. The molecule has 9 nitrogen and oxygen atoms in total. The fourth-order valence-electron chi connectivity index (χ4n) is 3.89. The summed E-state index contributed by atoms with van der Waals surface area (Å²) in [5.41, 5.74) is 1.86. The van der Waals surface area contributed by atoms with Crippen LogP contribution in [0.2, 0.25) is 0 Å². The van der Waals surface area contributed by atoms with Gasteiger partial charge in [0.25, 0.3) is 0 Å². The number of benzene rings is 1. The third-order valence-electron chi connectivity index (χ3n) is 6.46. The third kappa shape index (κ3) is 5.17. The summed E-state index contributed by atoms with van der Waals surface area (Å²) in [5.74, 6) is 1.15. The van der Waals surface area contributed by atoms with Crippen molar-refractivity contribution in [1.82, 2.24) is 15.3 Å². The molecule has 1 aliphatic heterocycles. The highest BCUT2D eigenvalue weighted by Crippen LogP contribution is 2.33. The first kappa shape index (κ1) is 24.4. The zero-order valence-corrected chi connectivity index (χ0v) is 21.0. The number of urea groups is 1. The number of hydrogen-bond donors (Lipinski definition) is 2. The van der Waals surface area contributed by atoms with E-state index in [1.807, 2.05) is 12.1 Å². The molecule has 1 aromatic heterocycles. The zero-order valence-electron chi connectivity index (χ0n) is 20.2. The molecule has 184 valence electrons. The Morgan fingerprint density at radius 1 is 1.21 bits per heavy atom. The lowest BCUT2D eigenvalue weighted by Gasteiger charge is -2.35. The molecule has 4 rings (SSSR count). The van der Waals surface area contributed by atoms with Gasteiger partial charge in [0.05, 0.1) is 24.9 Å². The van der Waals surface area contributed by atoms with E-state index in [1.165, 1.54) is 0 Å². The van der Waals surface area contributed by atoms with Crippen molar-refractivity contribution in [2.24, 2.45) is 0 Å². The highest BCUT2D eigenvalue weighted by molar-refractivity contribution is 7.92. The molecule has 0 unspecified atom stereocenters. The van der Waals surface area contributed by atoms with E-state index in [1.54, 1.807) is 39.0 Å². The van der Waals surface area contributed by atoms with Crippen molar-refractivity contribution in [2.75, 3.05) is 35.7 Å². The molecule has 2 heterocycles. The second-order valence-corrected chi connectivity index (χ2v) is 12.2. The summed E-state index contributed by atoms with van der Waals surface area (Å²) in [6.07, 6.45) is 2.04. The molecule has 0 radical (unpaired) electrons. The van der Waals surface area contributed by atoms with Gasteiger partial charge in [-0.1, -0.05) is 6.92 Å². The molecule has 1 saturated heterocycles. The van der Waals surface area contributed by atoms with Gasteiger partial charge >= 0.3 is 6.03 Å². The summed E-state index contributed by atoms with van der Waals surface area (Å²) in [7, 11) is -3.42. The number of rotatable bonds is 7. The molecular formula is C24H33N5O4S. The van der Waals surface area contributed by atoms with Crippen LogP contribution in [0.5, 0.6) is 0 Å². The monoisotopic (exact) mass is 487 g/mol. The zero-order chi connectivity index (χ0) is 24.5. The van der Waals surface area contributed by atoms with Crippen LogP contribution in [0.3, 0.4) is 0 Å². The lowest BCUT2D eigenvalue weighted by molar-refractivity contribution is 0.0985. The maximum absolute atomic E-state index is 12.9. The number of anilines is 2. The Hall–Kier alpha value is -2.72. The lowest BCUT2D eigenvalue weighted by atomic mass is 10.1. The van der Waals surface area contributed by atoms with E-state index >= 15 is 0 Å². The second-order valence-electron chi connectivity index (χ2n) is 9.42. The Balaban J connectivity index is 1.69. The van der Waals surface area contributed by atoms with Crippen LogP contribution in [0.15, 0.2) is 30.3 Å². The maximum Gasteiger partial charge on any atom is 0.319 e. The van der Waals surface area contributed by atoms with Crippen molar-refractivity contribution >= 4 is 27.4 Å². The SMILES string of the molecule is CCS(=O)(=O)C(C)(C)c1cc(N2CCOC[C@@H]2C)nc(-c2ccc(NC(=O)NC3CC3)cc2)n1. The van der Waals surface area contributed by atoms with Crippen molar-refractivity contribution in [2.45, 2.75) is 57.4 Å². The Morgan fingerprint density at radius 3 is 2.53 bits per heavy atom. The maximum atomic E-state index is 12.9. The van der Waals surface area contributed by atoms with Crippen LogP contribution in [0.4, 0.5) is 16.3 Å². The topological polar surface area (TPSA) is 114 Å². The number of nitrogens with one attached hydrogen (secondary N) is 2. The Kier molecular flexibility index (Phi) is 6.82.